The van der Waals surface area contributed by atoms with Crippen LogP contribution in [0.5, 0.6) is 0 Å². The van der Waals surface area contributed by atoms with Gasteiger partial charge in [0.05, 0.1) is 16.8 Å². The number of fused-ring (bicyclic) bond motifs is 3. The molecule has 0 aliphatic heterocycles. The number of thiazole rings is 1. The number of hydrogen-bond acceptors (Lipinski definition) is 3. The molecule has 1 aromatic heterocycles. The molecule has 0 radical (unpaired) electrons. The van der Waals surface area contributed by atoms with Crippen molar-refractivity contribution in [3.05, 3.63) is 76.6 Å². The fourth-order valence-electron chi connectivity index (χ4n) is 3.21. The summed E-state index contributed by atoms with van der Waals surface area (Å²) < 4.78 is 8.48. The number of carbonyl (C=O) groups is 1. The summed E-state index contributed by atoms with van der Waals surface area (Å²) >= 11 is 1.55. The van der Waals surface area contributed by atoms with Gasteiger partial charge in [0.2, 0.25) is 0 Å². The van der Waals surface area contributed by atoms with Crippen LogP contribution in [0.1, 0.15) is 15.9 Å². The maximum absolute atomic E-state index is 12.7. The molecule has 1 heterocycles. The molecule has 3 aromatic carbocycles. The molecule has 4 aromatic rings. The van der Waals surface area contributed by atoms with Crippen molar-refractivity contribution in [3.63, 3.8) is 0 Å². The van der Waals surface area contributed by atoms with Gasteiger partial charge in [0, 0.05) is 24.6 Å². The molecule has 0 aliphatic carbocycles. The standard InChI is InChI=1S/C22H20N2O2S/c1-15-6-5-8-17(14-15)21(25)23-22-24(12-13-26-2)19-11-10-16-7-3-4-9-18(16)20(19)27-22/h3-11,14H,12-13H2,1-2H3. The van der Waals surface area contributed by atoms with E-state index in [0.717, 1.165) is 15.8 Å². The first-order valence-electron chi connectivity index (χ1n) is 8.83. The van der Waals surface area contributed by atoms with Crippen LogP contribution in [0, 0.1) is 6.92 Å². The van der Waals surface area contributed by atoms with Crippen LogP contribution < -0.4 is 4.80 Å². The highest BCUT2D eigenvalue weighted by atomic mass is 32.1. The van der Waals surface area contributed by atoms with Crippen molar-refractivity contribution in [1.82, 2.24) is 4.57 Å². The number of nitrogens with zero attached hydrogens (tertiary/aromatic N) is 2. The molecule has 0 bridgehead atoms. The van der Waals surface area contributed by atoms with E-state index in [1.165, 1.54) is 10.8 Å². The molecule has 136 valence electrons. The lowest BCUT2D eigenvalue weighted by molar-refractivity contribution is 0.0997. The van der Waals surface area contributed by atoms with Crippen molar-refractivity contribution in [2.75, 3.05) is 13.7 Å². The predicted octanol–water partition coefficient (Wildman–Crippen LogP) is 4.55. The Labute approximate surface area is 161 Å². The van der Waals surface area contributed by atoms with Gasteiger partial charge >= 0.3 is 0 Å². The van der Waals surface area contributed by atoms with Gasteiger partial charge in [-0.05, 0) is 30.5 Å². The van der Waals surface area contributed by atoms with Crippen molar-refractivity contribution in [1.29, 1.82) is 0 Å². The topological polar surface area (TPSA) is 43.6 Å². The lowest BCUT2D eigenvalue weighted by atomic mass is 10.1. The van der Waals surface area contributed by atoms with Crippen LogP contribution in [0.4, 0.5) is 0 Å². The monoisotopic (exact) mass is 376 g/mol. The van der Waals surface area contributed by atoms with E-state index in [1.807, 2.05) is 37.3 Å². The van der Waals surface area contributed by atoms with Gasteiger partial charge in [0.1, 0.15) is 0 Å². The number of aryl methyl sites for hydroxylation is 1. The van der Waals surface area contributed by atoms with Crippen LogP contribution in [0.3, 0.4) is 0 Å². The molecule has 0 spiro atoms. The summed E-state index contributed by atoms with van der Waals surface area (Å²) in [4.78, 5) is 17.9. The van der Waals surface area contributed by atoms with Crippen LogP contribution in [-0.4, -0.2) is 24.2 Å². The minimum absolute atomic E-state index is 0.222. The van der Waals surface area contributed by atoms with Crippen LogP contribution >= 0.6 is 11.3 Å². The van der Waals surface area contributed by atoms with Crippen molar-refractivity contribution in [3.8, 4) is 0 Å². The lowest BCUT2D eigenvalue weighted by Gasteiger charge is -2.05. The number of carbonyl (C=O) groups excluding carboxylic acids is 1. The summed E-state index contributed by atoms with van der Waals surface area (Å²) in [7, 11) is 1.68. The van der Waals surface area contributed by atoms with Gasteiger partial charge in [-0.2, -0.15) is 4.99 Å². The molecule has 0 saturated carbocycles. The maximum Gasteiger partial charge on any atom is 0.279 e. The smallest absolute Gasteiger partial charge is 0.279 e. The van der Waals surface area contributed by atoms with Crippen LogP contribution in [0.25, 0.3) is 21.0 Å². The second-order valence-electron chi connectivity index (χ2n) is 6.45. The molecule has 1 amide bonds. The molecule has 4 nitrogen and oxygen atoms in total. The minimum Gasteiger partial charge on any atom is -0.383 e. The zero-order chi connectivity index (χ0) is 18.8. The van der Waals surface area contributed by atoms with Gasteiger partial charge in [-0.25, -0.2) is 0 Å². The Bertz CT molecular complexity index is 1200. The Morgan fingerprint density at radius 1 is 1.11 bits per heavy atom. The van der Waals surface area contributed by atoms with Crippen molar-refractivity contribution in [2.45, 2.75) is 13.5 Å². The largest absolute Gasteiger partial charge is 0.383 e. The van der Waals surface area contributed by atoms with Gasteiger partial charge in [-0.1, -0.05) is 59.4 Å². The third-order valence-corrected chi connectivity index (χ3v) is 5.68. The van der Waals surface area contributed by atoms with Crippen LogP contribution in [0.2, 0.25) is 0 Å². The average Bonchev–Trinajstić information content (AvgIpc) is 3.03. The lowest BCUT2D eigenvalue weighted by Crippen LogP contribution is -2.19. The minimum atomic E-state index is -0.222. The Morgan fingerprint density at radius 3 is 2.78 bits per heavy atom. The van der Waals surface area contributed by atoms with E-state index in [2.05, 4.69) is 33.8 Å². The molecule has 5 heteroatoms. The Balaban J connectivity index is 1.92. The molecule has 4 rings (SSSR count). The highest BCUT2D eigenvalue weighted by Gasteiger charge is 2.11. The highest BCUT2D eigenvalue weighted by Crippen LogP contribution is 2.27. The van der Waals surface area contributed by atoms with E-state index in [9.17, 15) is 4.79 Å². The first kappa shape index (κ1) is 17.6. The van der Waals surface area contributed by atoms with E-state index in [1.54, 1.807) is 24.5 Å². The molecule has 0 fully saturated rings. The quantitative estimate of drug-likeness (QED) is 0.524. The van der Waals surface area contributed by atoms with Crippen molar-refractivity contribution in [2.24, 2.45) is 4.99 Å². The number of rotatable bonds is 4. The summed E-state index contributed by atoms with van der Waals surface area (Å²) in [5.41, 5.74) is 2.73. The number of ether oxygens (including phenoxy) is 1. The molecule has 0 N–H and O–H groups in total. The molecule has 0 unspecified atom stereocenters. The maximum atomic E-state index is 12.7. The number of benzene rings is 3. The third-order valence-electron chi connectivity index (χ3n) is 4.56. The SMILES string of the molecule is COCCn1c(=NC(=O)c2cccc(C)c2)sc2c3ccccc3ccc21. The summed E-state index contributed by atoms with van der Waals surface area (Å²) in [5.74, 6) is -0.222. The zero-order valence-corrected chi connectivity index (χ0v) is 16.1. The van der Waals surface area contributed by atoms with Gasteiger partial charge in [0.15, 0.2) is 4.80 Å². The van der Waals surface area contributed by atoms with E-state index in [-0.39, 0.29) is 5.91 Å². The predicted molar refractivity (Wildman–Crippen MR) is 110 cm³/mol. The van der Waals surface area contributed by atoms with Crippen molar-refractivity contribution < 1.29 is 9.53 Å². The number of amides is 1. The van der Waals surface area contributed by atoms with E-state index >= 15 is 0 Å². The van der Waals surface area contributed by atoms with Crippen LogP contribution in [0.15, 0.2) is 65.7 Å². The first-order chi connectivity index (χ1) is 13.2. The molecular formula is C22H20N2O2S. The van der Waals surface area contributed by atoms with E-state index in [0.29, 0.717) is 23.5 Å². The molecule has 0 aliphatic rings. The second kappa shape index (κ2) is 7.47. The highest BCUT2D eigenvalue weighted by molar-refractivity contribution is 7.17. The van der Waals surface area contributed by atoms with Crippen molar-refractivity contribution >= 4 is 38.2 Å². The van der Waals surface area contributed by atoms with Gasteiger partial charge < -0.3 is 9.30 Å². The van der Waals surface area contributed by atoms with Crippen LogP contribution in [-0.2, 0) is 11.3 Å². The van der Waals surface area contributed by atoms with Gasteiger partial charge in [-0.3, -0.25) is 4.79 Å². The van der Waals surface area contributed by atoms with Gasteiger partial charge in [-0.15, -0.1) is 0 Å². The Morgan fingerprint density at radius 2 is 1.96 bits per heavy atom. The summed E-state index contributed by atoms with van der Waals surface area (Å²) in [5, 5.41) is 2.36. The molecular weight excluding hydrogens is 356 g/mol. The summed E-state index contributed by atoms with van der Waals surface area (Å²) in [6.45, 7) is 3.18. The number of aromatic nitrogens is 1. The number of hydrogen-bond donors (Lipinski definition) is 0. The van der Waals surface area contributed by atoms with Gasteiger partial charge in [0.25, 0.3) is 5.91 Å². The molecule has 0 saturated heterocycles. The Kier molecular flexibility index (Phi) is 4.88. The normalized spacial score (nSPS) is 12.1. The van der Waals surface area contributed by atoms with E-state index in [4.69, 9.17) is 4.74 Å². The fraction of sp³-hybridized carbons (Fsp3) is 0.182. The fourth-order valence-corrected chi connectivity index (χ4v) is 4.40. The third kappa shape index (κ3) is 3.44. The molecule has 27 heavy (non-hydrogen) atoms. The number of methoxy groups -OCH3 is 1. The average molecular weight is 376 g/mol. The second-order valence-corrected chi connectivity index (χ2v) is 7.43. The summed E-state index contributed by atoms with van der Waals surface area (Å²) in [6, 6.07) is 20.0. The summed E-state index contributed by atoms with van der Waals surface area (Å²) in [6.07, 6.45) is 0. The molecule has 0 atom stereocenters. The first-order valence-corrected chi connectivity index (χ1v) is 9.65. The van der Waals surface area contributed by atoms with E-state index < -0.39 is 0 Å². The Hall–Kier alpha value is -2.76. The zero-order valence-electron chi connectivity index (χ0n) is 15.3.